The van der Waals surface area contributed by atoms with Gasteiger partial charge in [-0.05, 0) is 53.8 Å². The summed E-state index contributed by atoms with van der Waals surface area (Å²) in [6.45, 7) is 3.23. The standard InChI is InChI=1S/C39H43N5O5/c45-26-29-11-13-30(14-12-29)35-23-34(25-43-21-19-39(20-22-43)37(46)41-27-44(39)33-9-5-2-6-10-33)48-36(49-35)31-15-17-32(18-16-31)42-38(47)40-24-28-7-3-1-4-8-28/h1-18,34-36,45H,19-27H2,(H,41,46)(H2,40,42,47). The van der Waals surface area contributed by atoms with Crippen molar-refractivity contribution < 1.29 is 24.2 Å². The monoisotopic (exact) mass is 661 g/mol. The van der Waals surface area contributed by atoms with Crippen LogP contribution in [0.1, 0.15) is 53.9 Å². The van der Waals surface area contributed by atoms with Gasteiger partial charge in [-0.15, -0.1) is 0 Å². The van der Waals surface area contributed by atoms with Gasteiger partial charge in [-0.1, -0.05) is 84.9 Å². The topological polar surface area (TPSA) is 115 Å². The van der Waals surface area contributed by atoms with Crippen LogP contribution in [0.5, 0.6) is 0 Å². The van der Waals surface area contributed by atoms with E-state index in [1.807, 2.05) is 97.1 Å². The molecule has 4 N–H and O–H groups in total. The van der Waals surface area contributed by atoms with Gasteiger partial charge in [0.05, 0.1) is 25.5 Å². The number of hydrogen-bond acceptors (Lipinski definition) is 7. The van der Waals surface area contributed by atoms with Crippen LogP contribution in [-0.2, 0) is 27.4 Å². The fraction of sp³-hybridized carbons (Fsp3) is 0.333. The molecule has 3 fully saturated rings. The predicted molar refractivity (Wildman–Crippen MR) is 187 cm³/mol. The van der Waals surface area contributed by atoms with Crippen LogP contribution in [-0.4, -0.2) is 59.9 Å². The second-order valence-electron chi connectivity index (χ2n) is 13.0. The van der Waals surface area contributed by atoms with Crippen molar-refractivity contribution in [1.82, 2.24) is 15.5 Å². The zero-order valence-electron chi connectivity index (χ0n) is 27.5. The number of urea groups is 1. The Kier molecular flexibility index (Phi) is 9.90. The Labute approximate surface area is 287 Å². The fourth-order valence-corrected chi connectivity index (χ4v) is 7.14. The molecule has 3 unspecified atom stereocenters. The Hall–Kier alpha value is -4.74. The van der Waals surface area contributed by atoms with Crippen LogP contribution in [0.3, 0.4) is 0 Å². The molecule has 4 aromatic rings. The van der Waals surface area contributed by atoms with Crippen molar-refractivity contribution in [2.75, 3.05) is 36.5 Å². The van der Waals surface area contributed by atoms with Crippen molar-refractivity contribution in [3.05, 3.63) is 131 Å². The summed E-state index contributed by atoms with van der Waals surface area (Å²) in [6.07, 6.45) is 1.23. The van der Waals surface area contributed by atoms with Gasteiger partial charge in [-0.3, -0.25) is 4.79 Å². The van der Waals surface area contributed by atoms with Gasteiger partial charge in [0, 0.05) is 49.5 Å². The lowest BCUT2D eigenvalue weighted by Gasteiger charge is -2.45. The summed E-state index contributed by atoms with van der Waals surface area (Å²) < 4.78 is 13.2. The predicted octanol–water partition coefficient (Wildman–Crippen LogP) is 5.47. The maximum Gasteiger partial charge on any atom is 0.319 e. The SMILES string of the molecule is O=C(NCc1ccccc1)Nc1ccc(C2OC(CN3CCC4(CC3)C(=O)NCN4c3ccccc3)CC(c3ccc(CO)cc3)O2)cc1. The van der Waals surface area contributed by atoms with E-state index in [9.17, 15) is 14.7 Å². The summed E-state index contributed by atoms with van der Waals surface area (Å²) in [7, 11) is 0. The van der Waals surface area contributed by atoms with Crippen molar-refractivity contribution in [3.63, 3.8) is 0 Å². The van der Waals surface area contributed by atoms with E-state index < -0.39 is 11.8 Å². The highest BCUT2D eigenvalue weighted by Crippen LogP contribution is 2.40. The summed E-state index contributed by atoms with van der Waals surface area (Å²) in [4.78, 5) is 30.4. The van der Waals surface area contributed by atoms with E-state index in [4.69, 9.17) is 9.47 Å². The summed E-state index contributed by atoms with van der Waals surface area (Å²) in [5.74, 6) is 0.108. The van der Waals surface area contributed by atoms with Gasteiger partial charge in [0.2, 0.25) is 5.91 Å². The minimum Gasteiger partial charge on any atom is -0.392 e. The molecule has 0 saturated carbocycles. The third kappa shape index (κ3) is 7.47. The van der Waals surface area contributed by atoms with E-state index in [0.29, 0.717) is 25.3 Å². The molecule has 0 bridgehead atoms. The summed E-state index contributed by atoms with van der Waals surface area (Å²) >= 11 is 0. The number of hydrogen-bond donors (Lipinski definition) is 4. The third-order valence-corrected chi connectivity index (χ3v) is 9.90. The van der Waals surface area contributed by atoms with Crippen LogP contribution in [0.4, 0.5) is 16.2 Å². The first-order valence-electron chi connectivity index (χ1n) is 17.0. The minimum atomic E-state index is -0.604. The zero-order chi connectivity index (χ0) is 33.6. The van der Waals surface area contributed by atoms with Crippen molar-refractivity contribution in [2.45, 2.75) is 56.5 Å². The number of ether oxygens (including phenoxy) is 2. The first-order valence-corrected chi connectivity index (χ1v) is 17.0. The molecule has 3 heterocycles. The molecule has 3 atom stereocenters. The van der Waals surface area contributed by atoms with Gasteiger partial charge in [-0.25, -0.2) is 4.79 Å². The number of carbonyl (C=O) groups excluding carboxylic acids is 2. The molecule has 49 heavy (non-hydrogen) atoms. The molecular weight excluding hydrogens is 618 g/mol. The number of anilines is 2. The molecule has 3 aliphatic rings. The Balaban J connectivity index is 1.02. The van der Waals surface area contributed by atoms with Crippen molar-refractivity contribution in [2.24, 2.45) is 0 Å². The highest BCUT2D eigenvalue weighted by molar-refractivity contribution is 5.93. The van der Waals surface area contributed by atoms with Gasteiger partial charge in [0.25, 0.3) is 0 Å². The van der Waals surface area contributed by atoms with Crippen LogP contribution in [0.25, 0.3) is 0 Å². The molecule has 4 aromatic carbocycles. The van der Waals surface area contributed by atoms with Crippen molar-refractivity contribution >= 4 is 23.3 Å². The normalized spacial score (nSPS) is 22.1. The van der Waals surface area contributed by atoms with Gasteiger partial charge in [-0.2, -0.15) is 0 Å². The van der Waals surface area contributed by atoms with Crippen LogP contribution in [0, 0.1) is 0 Å². The van der Waals surface area contributed by atoms with Gasteiger partial charge in [0.15, 0.2) is 6.29 Å². The molecule has 0 radical (unpaired) electrons. The van der Waals surface area contributed by atoms with E-state index in [1.54, 1.807) is 0 Å². The maximum atomic E-state index is 13.2. The smallest absolute Gasteiger partial charge is 0.319 e. The molecule has 3 aliphatic heterocycles. The van der Waals surface area contributed by atoms with E-state index in [1.165, 1.54) is 0 Å². The number of rotatable bonds is 9. The van der Waals surface area contributed by atoms with Crippen molar-refractivity contribution in [3.8, 4) is 0 Å². The van der Waals surface area contributed by atoms with Crippen LogP contribution in [0.2, 0.25) is 0 Å². The molecule has 1 spiro atoms. The second kappa shape index (κ2) is 14.8. The molecule has 10 nitrogen and oxygen atoms in total. The number of nitrogens with zero attached hydrogens (tertiary/aromatic N) is 2. The average molecular weight is 662 g/mol. The summed E-state index contributed by atoms with van der Waals surface area (Å²) in [5.41, 5.74) is 4.95. The number of aliphatic hydroxyl groups excluding tert-OH is 1. The number of para-hydroxylation sites is 1. The lowest BCUT2D eigenvalue weighted by atomic mass is 9.85. The largest absolute Gasteiger partial charge is 0.392 e. The van der Waals surface area contributed by atoms with Gasteiger partial charge in [0.1, 0.15) is 5.54 Å². The molecule has 254 valence electrons. The molecule has 3 amide bonds. The molecule has 0 aliphatic carbocycles. The van der Waals surface area contributed by atoms with Crippen LogP contribution in [0.15, 0.2) is 109 Å². The summed E-state index contributed by atoms with van der Waals surface area (Å²) in [6, 6.07) is 35.1. The number of nitrogens with one attached hydrogen (secondary N) is 3. The highest BCUT2D eigenvalue weighted by Gasteiger charge is 2.50. The van der Waals surface area contributed by atoms with Crippen LogP contribution < -0.4 is 20.9 Å². The number of aliphatic hydroxyl groups is 1. The average Bonchev–Trinajstić information content (AvgIpc) is 3.47. The van der Waals surface area contributed by atoms with Crippen molar-refractivity contribution in [1.29, 1.82) is 0 Å². The molecule has 10 heteroatoms. The Bertz CT molecular complexity index is 1700. The number of piperidine rings is 1. The van der Waals surface area contributed by atoms with E-state index in [2.05, 4.69) is 37.9 Å². The Morgan fingerprint density at radius 2 is 1.51 bits per heavy atom. The number of amides is 3. The first kappa shape index (κ1) is 32.8. The summed E-state index contributed by atoms with van der Waals surface area (Å²) in [5, 5.41) is 18.4. The zero-order valence-corrected chi connectivity index (χ0v) is 27.5. The third-order valence-electron chi connectivity index (χ3n) is 9.90. The first-order chi connectivity index (χ1) is 24.0. The highest BCUT2D eigenvalue weighted by atomic mass is 16.7. The lowest BCUT2D eigenvalue weighted by molar-refractivity contribution is -0.253. The van der Waals surface area contributed by atoms with E-state index in [-0.39, 0.29) is 30.8 Å². The lowest BCUT2D eigenvalue weighted by Crippen LogP contribution is -2.57. The van der Waals surface area contributed by atoms with Gasteiger partial charge >= 0.3 is 6.03 Å². The van der Waals surface area contributed by atoms with E-state index in [0.717, 1.165) is 60.4 Å². The molecular formula is C39H43N5O5. The van der Waals surface area contributed by atoms with Gasteiger partial charge < -0.3 is 40.3 Å². The molecule has 3 saturated heterocycles. The molecule has 7 rings (SSSR count). The fourth-order valence-electron chi connectivity index (χ4n) is 7.14. The quantitative estimate of drug-likeness (QED) is 0.188. The maximum absolute atomic E-state index is 13.2. The Morgan fingerprint density at radius 1 is 0.837 bits per heavy atom. The second-order valence-corrected chi connectivity index (χ2v) is 13.0. The minimum absolute atomic E-state index is 0.0129. The number of benzene rings is 4. The van der Waals surface area contributed by atoms with E-state index >= 15 is 0 Å². The van der Waals surface area contributed by atoms with Crippen LogP contribution >= 0.6 is 0 Å². The number of likely N-dealkylation sites (tertiary alicyclic amines) is 1. The number of carbonyl (C=O) groups is 2. The Morgan fingerprint density at radius 3 is 2.20 bits per heavy atom. The molecule has 0 aromatic heterocycles.